The molecule has 3 rings (SSSR count). The van der Waals surface area contributed by atoms with Gasteiger partial charge in [-0.15, -0.1) is 0 Å². The molecule has 5 nitrogen and oxygen atoms in total. The molecular weight excluding hydrogens is 350 g/mol. The molecule has 0 atom stereocenters. The number of ether oxygens (including phenoxy) is 1. The number of carbonyl (C=O) groups is 1. The fourth-order valence-corrected chi connectivity index (χ4v) is 2.98. The zero-order valence-corrected chi connectivity index (χ0v) is 16.5. The van der Waals surface area contributed by atoms with Crippen molar-refractivity contribution >= 4 is 17.4 Å². The molecule has 28 heavy (non-hydrogen) atoms. The lowest BCUT2D eigenvalue weighted by Gasteiger charge is -2.11. The Kier molecular flexibility index (Phi) is 6.27. The highest BCUT2D eigenvalue weighted by molar-refractivity contribution is 6.05. The Balaban J connectivity index is 1.60. The maximum Gasteiger partial charge on any atom is 0.255 e. The first-order valence-electron chi connectivity index (χ1n) is 9.26. The van der Waals surface area contributed by atoms with Crippen LogP contribution in [0.15, 0.2) is 60.8 Å². The molecule has 1 heterocycles. The minimum absolute atomic E-state index is 0.148. The van der Waals surface area contributed by atoms with E-state index in [-0.39, 0.29) is 5.91 Å². The lowest BCUT2D eigenvalue weighted by Crippen LogP contribution is -2.14. The maximum absolute atomic E-state index is 12.6. The number of carbonyl (C=O) groups excluding carboxylic acids is 1. The highest BCUT2D eigenvalue weighted by Gasteiger charge is 2.09. The van der Waals surface area contributed by atoms with E-state index in [1.807, 2.05) is 50.2 Å². The molecule has 0 aliphatic carbocycles. The lowest BCUT2D eigenvalue weighted by atomic mass is 10.1. The Bertz CT molecular complexity index is 970. The van der Waals surface area contributed by atoms with Crippen molar-refractivity contribution in [3.05, 3.63) is 83.0 Å². The summed E-state index contributed by atoms with van der Waals surface area (Å²) in [7, 11) is 1.66. The second-order valence-electron chi connectivity index (χ2n) is 6.73. The molecule has 0 saturated heterocycles. The zero-order chi connectivity index (χ0) is 19.9. The van der Waals surface area contributed by atoms with Crippen molar-refractivity contribution in [2.45, 2.75) is 20.3 Å². The third-order valence-corrected chi connectivity index (χ3v) is 4.51. The average molecular weight is 375 g/mol. The molecule has 0 bridgehead atoms. The van der Waals surface area contributed by atoms with Gasteiger partial charge >= 0.3 is 0 Å². The molecule has 144 valence electrons. The largest absolute Gasteiger partial charge is 0.497 e. The van der Waals surface area contributed by atoms with Gasteiger partial charge in [-0.2, -0.15) is 0 Å². The van der Waals surface area contributed by atoms with Gasteiger partial charge in [-0.1, -0.05) is 29.8 Å². The van der Waals surface area contributed by atoms with E-state index in [1.165, 1.54) is 11.1 Å². The molecule has 0 fully saturated rings. The molecule has 2 aromatic carbocycles. The van der Waals surface area contributed by atoms with Crippen molar-refractivity contribution in [2.75, 3.05) is 24.3 Å². The van der Waals surface area contributed by atoms with Crippen LogP contribution in [-0.2, 0) is 6.42 Å². The van der Waals surface area contributed by atoms with Crippen LogP contribution in [0.4, 0.5) is 11.5 Å². The number of benzene rings is 2. The summed E-state index contributed by atoms with van der Waals surface area (Å²) >= 11 is 0. The second kappa shape index (κ2) is 9.04. The summed E-state index contributed by atoms with van der Waals surface area (Å²) in [6.45, 7) is 4.73. The van der Waals surface area contributed by atoms with E-state index in [9.17, 15) is 4.79 Å². The first-order valence-corrected chi connectivity index (χ1v) is 9.26. The topological polar surface area (TPSA) is 63.2 Å². The summed E-state index contributed by atoms with van der Waals surface area (Å²) in [6, 6.07) is 17.4. The fraction of sp³-hybridized carbons (Fsp3) is 0.217. The van der Waals surface area contributed by atoms with Gasteiger partial charge in [-0.3, -0.25) is 4.79 Å². The van der Waals surface area contributed by atoms with Crippen molar-refractivity contribution in [1.29, 1.82) is 0 Å². The first-order chi connectivity index (χ1) is 13.5. The molecular formula is C23H25N3O2. The number of pyridine rings is 1. The normalized spacial score (nSPS) is 10.4. The number of aromatic nitrogens is 1. The molecule has 0 radical (unpaired) electrons. The molecule has 0 spiro atoms. The van der Waals surface area contributed by atoms with Crippen LogP contribution in [0.5, 0.6) is 5.75 Å². The van der Waals surface area contributed by atoms with Crippen molar-refractivity contribution in [3.8, 4) is 5.75 Å². The lowest BCUT2D eigenvalue weighted by molar-refractivity contribution is 0.102. The van der Waals surface area contributed by atoms with E-state index in [0.717, 1.165) is 23.4 Å². The average Bonchev–Trinajstić information content (AvgIpc) is 2.70. The number of rotatable bonds is 7. The van der Waals surface area contributed by atoms with Crippen LogP contribution < -0.4 is 15.4 Å². The Morgan fingerprint density at radius 3 is 2.71 bits per heavy atom. The van der Waals surface area contributed by atoms with Crippen LogP contribution in [0.3, 0.4) is 0 Å². The van der Waals surface area contributed by atoms with Crippen LogP contribution in [0, 0.1) is 13.8 Å². The van der Waals surface area contributed by atoms with E-state index >= 15 is 0 Å². The summed E-state index contributed by atoms with van der Waals surface area (Å²) in [4.78, 5) is 16.9. The molecule has 2 N–H and O–H groups in total. The number of aryl methyl sites for hydroxylation is 2. The van der Waals surface area contributed by atoms with E-state index < -0.39 is 0 Å². The number of hydrogen-bond donors (Lipinski definition) is 2. The SMILES string of the molecule is COc1cccc(CCNc2cc(C(=O)Nc3ccc(C)cc3C)ccn2)c1. The van der Waals surface area contributed by atoms with Crippen molar-refractivity contribution in [3.63, 3.8) is 0 Å². The molecule has 5 heteroatoms. The second-order valence-corrected chi connectivity index (χ2v) is 6.73. The quantitative estimate of drug-likeness (QED) is 0.633. The smallest absolute Gasteiger partial charge is 0.255 e. The van der Waals surface area contributed by atoms with E-state index in [4.69, 9.17) is 4.74 Å². The van der Waals surface area contributed by atoms with E-state index in [0.29, 0.717) is 17.9 Å². The molecule has 0 aliphatic heterocycles. The van der Waals surface area contributed by atoms with E-state index in [2.05, 4.69) is 21.7 Å². The first kappa shape index (κ1) is 19.4. The molecule has 0 unspecified atom stereocenters. The molecule has 0 aliphatic rings. The van der Waals surface area contributed by atoms with Crippen LogP contribution in [0.1, 0.15) is 27.0 Å². The highest BCUT2D eigenvalue weighted by atomic mass is 16.5. The fourth-order valence-electron chi connectivity index (χ4n) is 2.98. The van der Waals surface area contributed by atoms with Crippen LogP contribution >= 0.6 is 0 Å². The monoisotopic (exact) mass is 375 g/mol. The molecule has 3 aromatic rings. The van der Waals surface area contributed by atoms with Gasteiger partial charge in [-0.25, -0.2) is 4.98 Å². The Morgan fingerprint density at radius 1 is 1.07 bits per heavy atom. The van der Waals surface area contributed by atoms with E-state index in [1.54, 1.807) is 25.4 Å². The Labute approximate surface area is 165 Å². The minimum Gasteiger partial charge on any atom is -0.497 e. The standard InChI is InChI=1S/C23H25N3O2/c1-16-7-8-21(17(2)13-16)26-23(27)19-10-12-25-22(15-19)24-11-9-18-5-4-6-20(14-18)28-3/h4-8,10,12-15H,9,11H2,1-3H3,(H,24,25)(H,26,27). The summed E-state index contributed by atoms with van der Waals surface area (Å²) < 4.78 is 5.25. The third-order valence-electron chi connectivity index (χ3n) is 4.51. The molecule has 1 amide bonds. The number of amides is 1. The Hall–Kier alpha value is -3.34. The summed E-state index contributed by atoms with van der Waals surface area (Å²) in [5, 5.41) is 6.24. The summed E-state index contributed by atoms with van der Waals surface area (Å²) in [5.41, 5.74) is 4.77. The predicted molar refractivity (Wildman–Crippen MR) is 113 cm³/mol. The van der Waals surface area contributed by atoms with Gasteiger partial charge < -0.3 is 15.4 Å². The molecule has 1 aromatic heterocycles. The van der Waals surface area contributed by atoms with Gasteiger partial charge in [0.25, 0.3) is 5.91 Å². The van der Waals surface area contributed by atoms with Crippen molar-refractivity contribution < 1.29 is 9.53 Å². The van der Waals surface area contributed by atoms with Crippen molar-refractivity contribution in [2.24, 2.45) is 0 Å². The third kappa shape index (κ3) is 5.10. The number of nitrogens with one attached hydrogen (secondary N) is 2. The van der Waals surface area contributed by atoms with Gasteiger partial charge in [0, 0.05) is 24.0 Å². The van der Waals surface area contributed by atoms with Gasteiger partial charge in [-0.05, 0) is 61.7 Å². The Morgan fingerprint density at radius 2 is 1.93 bits per heavy atom. The number of methoxy groups -OCH3 is 1. The van der Waals surface area contributed by atoms with Crippen LogP contribution in [-0.4, -0.2) is 24.5 Å². The van der Waals surface area contributed by atoms with Gasteiger partial charge in [0.2, 0.25) is 0 Å². The number of hydrogen-bond acceptors (Lipinski definition) is 4. The summed E-state index contributed by atoms with van der Waals surface area (Å²) in [6.07, 6.45) is 2.47. The predicted octanol–water partition coefficient (Wildman–Crippen LogP) is 4.61. The minimum atomic E-state index is -0.148. The van der Waals surface area contributed by atoms with Gasteiger partial charge in [0.05, 0.1) is 7.11 Å². The summed E-state index contributed by atoms with van der Waals surface area (Å²) in [5.74, 6) is 1.38. The van der Waals surface area contributed by atoms with Crippen molar-refractivity contribution in [1.82, 2.24) is 4.98 Å². The number of anilines is 2. The van der Waals surface area contributed by atoms with Crippen LogP contribution in [0.25, 0.3) is 0 Å². The van der Waals surface area contributed by atoms with Crippen LogP contribution in [0.2, 0.25) is 0 Å². The van der Waals surface area contributed by atoms with Gasteiger partial charge in [0.15, 0.2) is 0 Å². The zero-order valence-electron chi connectivity index (χ0n) is 16.5. The number of nitrogens with zero attached hydrogens (tertiary/aromatic N) is 1. The maximum atomic E-state index is 12.6. The molecule has 0 saturated carbocycles. The van der Waals surface area contributed by atoms with Gasteiger partial charge in [0.1, 0.15) is 11.6 Å². The highest BCUT2D eigenvalue weighted by Crippen LogP contribution is 2.18.